The molecule has 0 bridgehead atoms. The molecule has 0 amide bonds. The van der Waals surface area contributed by atoms with Crippen LogP contribution in [0.4, 0.5) is 0 Å². The number of aryl methyl sites for hydroxylation is 1. The molecular weight excluding hydrogens is 499 g/mol. The lowest BCUT2D eigenvalue weighted by molar-refractivity contribution is 0.0389. The number of nitrogens with zero attached hydrogens (tertiary/aromatic N) is 4. The summed E-state index contributed by atoms with van der Waals surface area (Å²) in [7, 11) is 1.83. The van der Waals surface area contributed by atoms with Crippen molar-refractivity contribution in [1.82, 2.24) is 25.3 Å². The molecule has 0 radical (unpaired) electrons. The number of ether oxygens (including phenoxy) is 1. The van der Waals surface area contributed by atoms with Crippen molar-refractivity contribution in [2.24, 2.45) is 12.0 Å². The number of rotatable bonds is 9. The van der Waals surface area contributed by atoms with Crippen molar-refractivity contribution in [3.63, 3.8) is 0 Å². The maximum absolute atomic E-state index is 10.8. The summed E-state index contributed by atoms with van der Waals surface area (Å²) in [5, 5.41) is 21.6. The van der Waals surface area contributed by atoms with Gasteiger partial charge in [0.2, 0.25) is 0 Å². The third-order valence-corrected chi connectivity index (χ3v) is 4.94. The number of guanidine groups is 1. The van der Waals surface area contributed by atoms with Gasteiger partial charge >= 0.3 is 0 Å². The van der Waals surface area contributed by atoms with Crippen LogP contribution in [0.3, 0.4) is 0 Å². The van der Waals surface area contributed by atoms with Crippen LogP contribution in [0.1, 0.15) is 18.2 Å². The largest absolute Gasteiger partial charge is 0.469 e. The van der Waals surface area contributed by atoms with Gasteiger partial charge in [-0.3, -0.25) is 9.58 Å². The lowest BCUT2D eigenvalue weighted by Crippen LogP contribution is -2.45. The molecule has 2 aromatic heterocycles. The van der Waals surface area contributed by atoms with Crippen LogP contribution in [0.25, 0.3) is 0 Å². The number of morpholine rings is 1. The van der Waals surface area contributed by atoms with E-state index in [-0.39, 0.29) is 30.5 Å². The molecule has 0 aliphatic carbocycles. The number of hydrogen-bond acceptors (Lipinski definition) is 6. The zero-order valence-electron chi connectivity index (χ0n) is 17.7. The van der Waals surface area contributed by atoms with Gasteiger partial charge in [-0.2, -0.15) is 5.10 Å². The average Bonchev–Trinajstić information content (AvgIpc) is 3.39. The number of nitrogens with one attached hydrogen (secondary N) is 2. The minimum absolute atomic E-state index is 0. The van der Waals surface area contributed by atoms with Gasteiger partial charge in [0.25, 0.3) is 0 Å². The van der Waals surface area contributed by atoms with Gasteiger partial charge in [0.1, 0.15) is 11.4 Å². The molecular formula is C20H33IN6O3. The zero-order chi connectivity index (χ0) is 20.5. The fourth-order valence-electron chi connectivity index (χ4n) is 3.11. The summed E-state index contributed by atoms with van der Waals surface area (Å²) in [6.07, 6.45) is 5.92. The topological polar surface area (TPSA) is 100 Å². The summed E-state index contributed by atoms with van der Waals surface area (Å²) < 4.78 is 12.5. The summed E-state index contributed by atoms with van der Waals surface area (Å²) >= 11 is 0. The Morgan fingerprint density at radius 2 is 2.07 bits per heavy atom. The molecule has 0 spiro atoms. The third-order valence-electron chi connectivity index (χ3n) is 4.94. The zero-order valence-corrected chi connectivity index (χ0v) is 20.0. The Bertz CT molecular complexity index is 756. The molecule has 2 aromatic rings. The third kappa shape index (κ3) is 7.89. The summed E-state index contributed by atoms with van der Waals surface area (Å²) in [6.45, 7) is 7.83. The minimum Gasteiger partial charge on any atom is -0.469 e. The van der Waals surface area contributed by atoms with Gasteiger partial charge in [-0.05, 0) is 19.1 Å². The summed E-state index contributed by atoms with van der Waals surface area (Å²) in [6, 6.07) is 3.84. The number of furan rings is 1. The highest BCUT2D eigenvalue weighted by Crippen LogP contribution is 2.19. The van der Waals surface area contributed by atoms with Crippen molar-refractivity contribution < 1.29 is 14.3 Å². The molecule has 1 saturated heterocycles. The fraction of sp³-hybridized carbons (Fsp3) is 0.600. The average molecular weight is 532 g/mol. The Balaban J connectivity index is 0.00000320. The Kier molecular flexibility index (Phi) is 10.1. The second-order valence-electron chi connectivity index (χ2n) is 7.48. The molecule has 30 heavy (non-hydrogen) atoms. The van der Waals surface area contributed by atoms with E-state index >= 15 is 0 Å². The first-order valence-electron chi connectivity index (χ1n) is 10.1. The molecule has 168 valence electrons. The van der Waals surface area contributed by atoms with Crippen LogP contribution in [0.2, 0.25) is 0 Å². The lowest BCUT2D eigenvalue weighted by atomic mass is 10.0. The summed E-state index contributed by atoms with van der Waals surface area (Å²) in [4.78, 5) is 6.98. The number of hydrogen-bond donors (Lipinski definition) is 3. The Hall–Kier alpha value is -1.63. The number of aliphatic imine (C=N–C) groups is 1. The maximum atomic E-state index is 10.8. The van der Waals surface area contributed by atoms with Crippen LogP contribution in [0.5, 0.6) is 0 Å². The van der Waals surface area contributed by atoms with Crippen LogP contribution in [0.15, 0.2) is 40.2 Å². The molecule has 3 heterocycles. The van der Waals surface area contributed by atoms with Gasteiger partial charge in [-0.1, -0.05) is 0 Å². The van der Waals surface area contributed by atoms with E-state index in [4.69, 9.17) is 9.15 Å². The van der Waals surface area contributed by atoms with E-state index in [0.717, 1.165) is 57.1 Å². The van der Waals surface area contributed by atoms with E-state index in [2.05, 4.69) is 25.6 Å². The summed E-state index contributed by atoms with van der Waals surface area (Å²) in [5.74, 6) is 1.60. The SMILES string of the molecule is Cn1cc(C(C)(O)CN=C(NCCc2ccco2)NCCN2CCOCC2)cn1.I. The van der Waals surface area contributed by atoms with Crippen molar-refractivity contribution in [2.75, 3.05) is 52.5 Å². The molecule has 9 nitrogen and oxygen atoms in total. The highest BCUT2D eigenvalue weighted by molar-refractivity contribution is 14.0. The Morgan fingerprint density at radius 1 is 1.30 bits per heavy atom. The monoisotopic (exact) mass is 532 g/mol. The van der Waals surface area contributed by atoms with E-state index in [1.165, 1.54) is 0 Å². The smallest absolute Gasteiger partial charge is 0.191 e. The first-order chi connectivity index (χ1) is 14.0. The minimum atomic E-state index is -1.09. The van der Waals surface area contributed by atoms with E-state index in [1.54, 1.807) is 24.1 Å². The van der Waals surface area contributed by atoms with E-state index in [1.807, 2.05) is 25.4 Å². The van der Waals surface area contributed by atoms with Gasteiger partial charge < -0.3 is 24.9 Å². The predicted octanol–water partition coefficient (Wildman–Crippen LogP) is 0.949. The maximum Gasteiger partial charge on any atom is 0.191 e. The van der Waals surface area contributed by atoms with Crippen molar-refractivity contribution >= 4 is 29.9 Å². The molecule has 0 saturated carbocycles. The first kappa shape index (κ1) is 24.6. The predicted molar refractivity (Wildman–Crippen MR) is 126 cm³/mol. The molecule has 10 heteroatoms. The highest BCUT2D eigenvalue weighted by atomic mass is 127. The lowest BCUT2D eigenvalue weighted by Gasteiger charge is -2.27. The number of halogens is 1. The van der Waals surface area contributed by atoms with Crippen LogP contribution in [0, 0.1) is 0 Å². The van der Waals surface area contributed by atoms with Crippen LogP contribution in [-0.4, -0.2) is 78.2 Å². The van der Waals surface area contributed by atoms with Gasteiger partial charge in [-0.15, -0.1) is 24.0 Å². The van der Waals surface area contributed by atoms with Crippen molar-refractivity contribution in [1.29, 1.82) is 0 Å². The molecule has 1 atom stereocenters. The van der Waals surface area contributed by atoms with Crippen molar-refractivity contribution in [3.05, 3.63) is 42.1 Å². The standard InChI is InChI=1S/C20H32N6O3.HI/c1-20(27,17-14-24-25(2)15-17)16-23-19(21-6-5-18-4-3-11-29-18)22-7-8-26-9-12-28-13-10-26;/h3-4,11,14-15,27H,5-10,12-13,16H2,1-2H3,(H2,21,22,23);1H. The molecule has 1 fully saturated rings. The van der Waals surface area contributed by atoms with Gasteiger partial charge in [0.15, 0.2) is 5.96 Å². The fourth-order valence-corrected chi connectivity index (χ4v) is 3.11. The molecule has 3 N–H and O–H groups in total. The second kappa shape index (κ2) is 12.3. The van der Waals surface area contributed by atoms with Crippen LogP contribution < -0.4 is 10.6 Å². The highest BCUT2D eigenvalue weighted by Gasteiger charge is 2.24. The van der Waals surface area contributed by atoms with Crippen molar-refractivity contribution in [2.45, 2.75) is 18.9 Å². The van der Waals surface area contributed by atoms with E-state index in [0.29, 0.717) is 12.5 Å². The molecule has 1 unspecified atom stereocenters. The van der Waals surface area contributed by atoms with E-state index < -0.39 is 5.60 Å². The van der Waals surface area contributed by atoms with Crippen LogP contribution in [-0.2, 0) is 23.8 Å². The van der Waals surface area contributed by atoms with Gasteiger partial charge in [0, 0.05) is 58.0 Å². The molecule has 1 aliphatic rings. The van der Waals surface area contributed by atoms with E-state index in [9.17, 15) is 5.11 Å². The number of aromatic nitrogens is 2. The first-order valence-corrected chi connectivity index (χ1v) is 10.1. The normalized spacial score (nSPS) is 17.2. The molecule has 3 rings (SSSR count). The molecule has 0 aromatic carbocycles. The van der Waals surface area contributed by atoms with Gasteiger partial charge in [0.05, 0.1) is 32.2 Å². The molecule has 1 aliphatic heterocycles. The number of aliphatic hydroxyl groups is 1. The van der Waals surface area contributed by atoms with Crippen LogP contribution >= 0.6 is 24.0 Å². The Labute approximate surface area is 194 Å². The second-order valence-corrected chi connectivity index (χ2v) is 7.48. The Morgan fingerprint density at radius 3 is 2.73 bits per heavy atom. The quantitative estimate of drug-likeness (QED) is 0.251. The van der Waals surface area contributed by atoms with Crippen molar-refractivity contribution in [3.8, 4) is 0 Å². The van der Waals surface area contributed by atoms with Gasteiger partial charge in [-0.25, -0.2) is 4.99 Å². The summed E-state index contributed by atoms with van der Waals surface area (Å²) in [5.41, 5.74) is -0.347.